The van der Waals surface area contributed by atoms with Crippen LogP contribution in [0.25, 0.3) is 0 Å². The van der Waals surface area contributed by atoms with Crippen LogP contribution in [0.2, 0.25) is 0 Å². The quantitative estimate of drug-likeness (QED) is 0.598. The van der Waals surface area contributed by atoms with E-state index in [0.717, 1.165) is 50.9 Å². The SMILES string of the molecule is CCCNC(=NCC(c1ccco1)N1CCCC1)NCC. The molecule has 2 heterocycles. The van der Waals surface area contributed by atoms with Crippen molar-refractivity contribution in [1.29, 1.82) is 0 Å². The molecule has 0 spiro atoms. The first kappa shape index (κ1) is 15.9. The summed E-state index contributed by atoms with van der Waals surface area (Å²) in [7, 11) is 0. The molecule has 5 nitrogen and oxygen atoms in total. The molecule has 1 atom stereocenters. The fourth-order valence-electron chi connectivity index (χ4n) is 2.68. The van der Waals surface area contributed by atoms with E-state index in [2.05, 4.69) is 35.4 Å². The summed E-state index contributed by atoms with van der Waals surface area (Å²) in [6.07, 6.45) is 5.39. The zero-order valence-electron chi connectivity index (χ0n) is 13.3. The van der Waals surface area contributed by atoms with Gasteiger partial charge in [-0.05, 0) is 51.4 Å². The molecule has 21 heavy (non-hydrogen) atoms. The molecule has 118 valence electrons. The molecule has 5 heteroatoms. The fraction of sp³-hybridized carbons (Fsp3) is 0.688. The second-order valence-electron chi connectivity index (χ2n) is 5.42. The third kappa shape index (κ3) is 4.77. The monoisotopic (exact) mass is 292 g/mol. The minimum absolute atomic E-state index is 0.250. The molecule has 0 saturated carbocycles. The zero-order chi connectivity index (χ0) is 14.9. The number of rotatable bonds is 7. The van der Waals surface area contributed by atoms with Crippen molar-refractivity contribution < 1.29 is 4.42 Å². The zero-order valence-corrected chi connectivity index (χ0v) is 13.3. The van der Waals surface area contributed by atoms with Crippen molar-refractivity contribution in [2.45, 2.75) is 39.2 Å². The highest BCUT2D eigenvalue weighted by Gasteiger charge is 2.25. The third-order valence-electron chi connectivity index (χ3n) is 3.76. The molecule has 1 unspecified atom stereocenters. The third-order valence-corrected chi connectivity index (χ3v) is 3.76. The number of aliphatic imine (C=N–C) groups is 1. The molecular formula is C16H28N4O. The minimum atomic E-state index is 0.250. The van der Waals surface area contributed by atoms with Gasteiger partial charge >= 0.3 is 0 Å². The van der Waals surface area contributed by atoms with Gasteiger partial charge in [-0.25, -0.2) is 0 Å². The van der Waals surface area contributed by atoms with E-state index in [1.807, 2.05) is 6.07 Å². The number of hydrogen-bond donors (Lipinski definition) is 2. The molecule has 2 rings (SSSR count). The van der Waals surface area contributed by atoms with E-state index in [0.29, 0.717) is 0 Å². The largest absolute Gasteiger partial charge is 0.468 e. The van der Waals surface area contributed by atoms with Gasteiger partial charge in [0.25, 0.3) is 0 Å². The Morgan fingerprint density at radius 1 is 1.33 bits per heavy atom. The predicted molar refractivity (Wildman–Crippen MR) is 86.5 cm³/mol. The second-order valence-corrected chi connectivity index (χ2v) is 5.42. The molecule has 1 aliphatic rings. The van der Waals surface area contributed by atoms with Crippen LogP contribution in [-0.2, 0) is 0 Å². The first-order valence-corrected chi connectivity index (χ1v) is 8.14. The second kappa shape index (κ2) is 8.72. The smallest absolute Gasteiger partial charge is 0.191 e. The van der Waals surface area contributed by atoms with Gasteiger partial charge in [0.15, 0.2) is 5.96 Å². The van der Waals surface area contributed by atoms with Crippen molar-refractivity contribution in [2.24, 2.45) is 4.99 Å². The Labute approximate surface area is 127 Å². The summed E-state index contributed by atoms with van der Waals surface area (Å²) < 4.78 is 5.63. The van der Waals surface area contributed by atoms with E-state index in [9.17, 15) is 0 Å². The van der Waals surface area contributed by atoms with Gasteiger partial charge in [0.05, 0.1) is 18.8 Å². The van der Waals surface area contributed by atoms with Gasteiger partial charge in [0, 0.05) is 13.1 Å². The average Bonchev–Trinajstić information content (AvgIpc) is 3.18. The van der Waals surface area contributed by atoms with Crippen LogP contribution < -0.4 is 10.6 Å². The molecule has 1 fully saturated rings. The van der Waals surface area contributed by atoms with Gasteiger partial charge < -0.3 is 15.1 Å². The van der Waals surface area contributed by atoms with Crippen LogP contribution in [0, 0.1) is 0 Å². The molecular weight excluding hydrogens is 264 g/mol. The molecule has 1 saturated heterocycles. The van der Waals surface area contributed by atoms with Crippen molar-refractivity contribution in [3.63, 3.8) is 0 Å². The van der Waals surface area contributed by atoms with Crippen molar-refractivity contribution in [1.82, 2.24) is 15.5 Å². The van der Waals surface area contributed by atoms with Crippen LogP contribution in [0.5, 0.6) is 0 Å². The average molecular weight is 292 g/mol. The molecule has 1 aliphatic heterocycles. The summed E-state index contributed by atoms with van der Waals surface area (Å²) in [6.45, 7) is 9.08. The Bertz CT molecular complexity index is 410. The normalized spacial score (nSPS) is 17.9. The highest BCUT2D eigenvalue weighted by molar-refractivity contribution is 5.79. The predicted octanol–water partition coefficient (Wildman–Crippen LogP) is 2.38. The number of furan rings is 1. The maximum Gasteiger partial charge on any atom is 0.191 e. The fourth-order valence-corrected chi connectivity index (χ4v) is 2.68. The van der Waals surface area contributed by atoms with Gasteiger partial charge in [-0.2, -0.15) is 0 Å². The first-order chi connectivity index (χ1) is 10.3. The molecule has 2 N–H and O–H groups in total. The van der Waals surface area contributed by atoms with E-state index in [1.165, 1.54) is 12.8 Å². The van der Waals surface area contributed by atoms with Crippen LogP contribution in [-0.4, -0.2) is 43.6 Å². The topological polar surface area (TPSA) is 52.8 Å². The standard InChI is InChI=1S/C16H28N4O/c1-3-9-18-16(17-4-2)19-13-14(15-8-7-12-21-15)20-10-5-6-11-20/h7-8,12,14H,3-6,9-11,13H2,1-2H3,(H2,17,18,19). The highest BCUT2D eigenvalue weighted by Crippen LogP contribution is 2.25. The minimum Gasteiger partial charge on any atom is -0.468 e. The molecule has 0 aliphatic carbocycles. The number of nitrogens with one attached hydrogen (secondary N) is 2. The molecule has 0 amide bonds. The summed E-state index contributed by atoms with van der Waals surface area (Å²) in [5, 5.41) is 6.65. The van der Waals surface area contributed by atoms with Gasteiger partial charge in [-0.1, -0.05) is 6.92 Å². The van der Waals surface area contributed by atoms with Crippen LogP contribution in [0.4, 0.5) is 0 Å². The Morgan fingerprint density at radius 3 is 2.76 bits per heavy atom. The maximum atomic E-state index is 5.63. The van der Waals surface area contributed by atoms with Gasteiger partial charge in [0.2, 0.25) is 0 Å². The van der Waals surface area contributed by atoms with E-state index in [4.69, 9.17) is 9.41 Å². The summed E-state index contributed by atoms with van der Waals surface area (Å²) in [6, 6.07) is 4.27. The van der Waals surface area contributed by atoms with Crippen LogP contribution >= 0.6 is 0 Å². The molecule has 0 bridgehead atoms. The number of nitrogens with zero attached hydrogens (tertiary/aromatic N) is 2. The Morgan fingerprint density at radius 2 is 2.14 bits per heavy atom. The maximum absolute atomic E-state index is 5.63. The van der Waals surface area contributed by atoms with Crippen molar-refractivity contribution in [3.8, 4) is 0 Å². The first-order valence-electron chi connectivity index (χ1n) is 8.14. The Balaban J connectivity index is 2.02. The summed E-state index contributed by atoms with van der Waals surface area (Å²) in [5.74, 6) is 1.92. The van der Waals surface area contributed by atoms with Gasteiger partial charge in [-0.15, -0.1) is 0 Å². The van der Waals surface area contributed by atoms with E-state index < -0.39 is 0 Å². The molecule has 1 aromatic heterocycles. The summed E-state index contributed by atoms with van der Waals surface area (Å²) in [5.41, 5.74) is 0. The lowest BCUT2D eigenvalue weighted by atomic mass is 10.2. The van der Waals surface area contributed by atoms with E-state index >= 15 is 0 Å². The van der Waals surface area contributed by atoms with Crippen molar-refractivity contribution in [2.75, 3.05) is 32.7 Å². The highest BCUT2D eigenvalue weighted by atomic mass is 16.3. The summed E-state index contributed by atoms with van der Waals surface area (Å²) in [4.78, 5) is 7.22. The van der Waals surface area contributed by atoms with Crippen molar-refractivity contribution in [3.05, 3.63) is 24.2 Å². The van der Waals surface area contributed by atoms with Gasteiger partial charge in [0.1, 0.15) is 5.76 Å². The Hall–Kier alpha value is -1.49. The Kier molecular flexibility index (Phi) is 6.60. The van der Waals surface area contributed by atoms with Crippen LogP contribution in [0.15, 0.2) is 27.8 Å². The lowest BCUT2D eigenvalue weighted by molar-refractivity contribution is 0.221. The van der Waals surface area contributed by atoms with Gasteiger partial charge in [-0.3, -0.25) is 9.89 Å². The molecule has 0 aromatic carbocycles. The number of hydrogen-bond acceptors (Lipinski definition) is 3. The van der Waals surface area contributed by atoms with Crippen LogP contribution in [0.1, 0.15) is 44.9 Å². The van der Waals surface area contributed by atoms with Crippen LogP contribution in [0.3, 0.4) is 0 Å². The lowest BCUT2D eigenvalue weighted by Crippen LogP contribution is -2.38. The summed E-state index contributed by atoms with van der Waals surface area (Å²) >= 11 is 0. The lowest BCUT2D eigenvalue weighted by Gasteiger charge is -2.24. The number of guanidine groups is 1. The molecule has 1 aromatic rings. The van der Waals surface area contributed by atoms with E-state index in [-0.39, 0.29) is 6.04 Å². The number of likely N-dealkylation sites (tertiary alicyclic amines) is 1. The van der Waals surface area contributed by atoms with E-state index in [1.54, 1.807) is 6.26 Å². The molecule has 0 radical (unpaired) electrons. The van der Waals surface area contributed by atoms with Crippen molar-refractivity contribution >= 4 is 5.96 Å².